The third kappa shape index (κ3) is 3.80. The molecule has 90 valence electrons. The number of nitrogens with two attached hydrogens (primary N) is 1. The smallest absolute Gasteiger partial charge is 0.406 e. The van der Waals surface area contributed by atoms with Crippen molar-refractivity contribution in [2.45, 2.75) is 13.3 Å². The van der Waals surface area contributed by atoms with Crippen molar-refractivity contribution in [1.82, 2.24) is 0 Å². The lowest BCUT2D eigenvalue weighted by Gasteiger charge is -2.09. The summed E-state index contributed by atoms with van der Waals surface area (Å²) in [5.74, 6) is -0.116. The number of halogens is 3. The average molecular weight is 234 g/mol. The molecule has 1 aromatic rings. The van der Waals surface area contributed by atoms with Gasteiger partial charge in [0.25, 0.3) is 0 Å². The first-order valence-electron chi connectivity index (χ1n) is 4.58. The predicted molar refractivity (Wildman–Crippen MR) is 56.5 cm³/mol. The summed E-state index contributed by atoms with van der Waals surface area (Å²) in [7, 11) is 0. The topological polar surface area (TPSA) is 47.6 Å². The van der Waals surface area contributed by atoms with E-state index < -0.39 is 6.36 Å². The molecule has 0 atom stereocenters. The second kappa shape index (κ2) is 4.87. The maximum Gasteiger partial charge on any atom is 0.573 e. The Morgan fingerprint density at radius 3 is 2.75 bits per heavy atom. The van der Waals surface area contributed by atoms with Crippen molar-refractivity contribution in [3.8, 4) is 5.75 Å². The van der Waals surface area contributed by atoms with Gasteiger partial charge in [-0.2, -0.15) is 0 Å². The molecule has 0 saturated heterocycles. The molecule has 0 radical (unpaired) electrons. The summed E-state index contributed by atoms with van der Waals surface area (Å²) >= 11 is 0. The van der Waals surface area contributed by atoms with Crippen LogP contribution in [0.3, 0.4) is 0 Å². The van der Waals surface area contributed by atoms with Crippen LogP contribution in [0, 0.1) is 0 Å². The van der Waals surface area contributed by atoms with Crippen molar-refractivity contribution in [3.05, 3.63) is 29.8 Å². The molecule has 3 nitrogen and oxygen atoms in total. The van der Waals surface area contributed by atoms with Gasteiger partial charge in [-0.1, -0.05) is 12.1 Å². The minimum Gasteiger partial charge on any atom is -0.406 e. The van der Waals surface area contributed by atoms with Crippen LogP contribution in [0.15, 0.2) is 29.3 Å². The lowest BCUT2D eigenvalue weighted by molar-refractivity contribution is -0.274. The molecular weight excluding hydrogens is 221 g/mol. The number of hydrogen-bond acceptors (Lipinski definition) is 2. The van der Waals surface area contributed by atoms with E-state index in [4.69, 9.17) is 5.73 Å². The van der Waals surface area contributed by atoms with E-state index in [1.807, 2.05) is 0 Å². The van der Waals surface area contributed by atoms with E-state index in [9.17, 15) is 13.2 Å². The van der Waals surface area contributed by atoms with Gasteiger partial charge in [-0.25, -0.2) is 0 Å². The number of benzene rings is 1. The van der Waals surface area contributed by atoms with E-state index in [0.717, 1.165) is 0 Å². The van der Waals surface area contributed by atoms with Gasteiger partial charge >= 0.3 is 6.36 Å². The number of hydrogen-bond donors (Lipinski definition) is 1. The number of alkyl halides is 3. The Labute approximate surface area is 92.2 Å². The number of ether oxygens (including phenoxy) is 1. The largest absolute Gasteiger partial charge is 0.573 e. The van der Waals surface area contributed by atoms with Crippen LogP contribution in [0.5, 0.6) is 5.75 Å². The minimum atomic E-state index is -4.70. The van der Waals surface area contributed by atoms with E-state index in [1.165, 1.54) is 18.2 Å². The van der Waals surface area contributed by atoms with Crippen LogP contribution < -0.4 is 10.5 Å². The molecule has 0 saturated carbocycles. The quantitative estimate of drug-likeness (QED) is 0.645. The van der Waals surface area contributed by atoms with Crippen molar-refractivity contribution < 1.29 is 19.3 Å². The van der Waals surface area contributed by atoms with Crippen LogP contribution >= 0.6 is 0 Å². The van der Waals surface area contributed by atoms with Gasteiger partial charge in [-0.15, -0.1) is 13.2 Å². The Morgan fingerprint density at radius 1 is 1.50 bits per heavy atom. The Morgan fingerprint density at radius 2 is 2.19 bits per heavy atom. The molecule has 0 spiro atoms. The third-order valence-corrected chi connectivity index (χ3v) is 1.69. The maximum atomic E-state index is 11.9. The van der Waals surface area contributed by atoms with Crippen LogP contribution in [-0.4, -0.2) is 18.7 Å². The second-order valence-electron chi connectivity index (χ2n) is 2.94. The summed E-state index contributed by atoms with van der Waals surface area (Å²) in [4.78, 5) is 3.89. The van der Waals surface area contributed by atoms with Gasteiger partial charge < -0.3 is 10.5 Å². The molecule has 2 N–H and O–H groups in total. The number of rotatable bonds is 3. The van der Waals surface area contributed by atoms with Crippen LogP contribution in [-0.2, 0) is 0 Å². The molecule has 0 aliphatic carbocycles. The number of amidine groups is 1. The third-order valence-electron chi connectivity index (χ3n) is 1.69. The molecule has 0 fully saturated rings. The highest BCUT2D eigenvalue weighted by atomic mass is 19.4. The van der Waals surface area contributed by atoms with E-state index in [1.54, 1.807) is 13.0 Å². The van der Waals surface area contributed by atoms with Gasteiger partial charge in [0.05, 0.1) is 0 Å². The van der Waals surface area contributed by atoms with Crippen LogP contribution in [0.2, 0.25) is 0 Å². The van der Waals surface area contributed by atoms with E-state index >= 15 is 0 Å². The summed E-state index contributed by atoms with van der Waals surface area (Å²) in [5.41, 5.74) is 5.96. The number of nitrogens with zero attached hydrogens (tertiary/aromatic N) is 1. The van der Waals surface area contributed by atoms with E-state index in [2.05, 4.69) is 9.73 Å². The lowest BCUT2D eigenvalue weighted by Crippen LogP contribution is -2.18. The van der Waals surface area contributed by atoms with Crippen molar-refractivity contribution >= 4 is 5.84 Å². The molecule has 0 aliphatic rings. The summed E-state index contributed by atoms with van der Waals surface area (Å²) in [6.45, 7) is 2.25. The predicted octanol–water partition coefficient (Wildman–Crippen LogP) is 2.56. The zero-order chi connectivity index (χ0) is 12.2. The van der Waals surface area contributed by atoms with Gasteiger partial charge in [-0.05, 0) is 19.1 Å². The normalized spacial score (nSPS) is 12.6. The monoisotopic (exact) mass is 234 g/mol. The molecular formula is C10H13F3N2O. The van der Waals surface area contributed by atoms with Crippen molar-refractivity contribution in [1.29, 1.82) is 0 Å². The van der Waals surface area contributed by atoms with Crippen LogP contribution in [0.25, 0.3) is 0 Å². The Balaban J connectivity index is 0.00000256. The maximum absolute atomic E-state index is 11.9. The molecule has 1 rings (SSSR count). The van der Waals surface area contributed by atoms with Gasteiger partial charge in [0.2, 0.25) is 0 Å². The molecule has 16 heavy (non-hydrogen) atoms. The minimum absolute atomic E-state index is 0. The summed E-state index contributed by atoms with van der Waals surface area (Å²) in [6.07, 6.45) is -4.70. The van der Waals surface area contributed by atoms with Gasteiger partial charge in [0.1, 0.15) is 11.6 Å². The Bertz CT molecular complexity index is 393. The molecule has 0 heterocycles. The molecule has 0 amide bonds. The fourth-order valence-corrected chi connectivity index (χ4v) is 1.11. The molecule has 0 aromatic heterocycles. The average Bonchev–Trinajstić information content (AvgIpc) is 2.16. The molecule has 0 bridgehead atoms. The fourth-order valence-electron chi connectivity index (χ4n) is 1.11. The SMILES string of the molecule is CCN=C(N)c1cccc(OC(F)(F)F)c1.[HH]. The van der Waals surface area contributed by atoms with Gasteiger partial charge in [0.15, 0.2) is 0 Å². The Hall–Kier alpha value is -1.72. The molecule has 0 unspecified atom stereocenters. The van der Waals surface area contributed by atoms with Crippen LogP contribution in [0.1, 0.15) is 13.9 Å². The number of aliphatic imine (C=N–C) groups is 1. The van der Waals surface area contributed by atoms with Crippen molar-refractivity contribution in [2.24, 2.45) is 10.7 Å². The Kier molecular flexibility index (Phi) is 3.76. The fraction of sp³-hybridized carbons (Fsp3) is 0.300. The summed E-state index contributed by atoms with van der Waals surface area (Å²) in [6, 6.07) is 5.39. The first kappa shape index (κ1) is 12.4. The molecule has 0 aliphatic heterocycles. The highest BCUT2D eigenvalue weighted by Gasteiger charge is 2.31. The van der Waals surface area contributed by atoms with E-state index in [0.29, 0.717) is 12.1 Å². The summed E-state index contributed by atoms with van der Waals surface area (Å²) in [5, 5.41) is 0. The first-order chi connectivity index (χ1) is 7.42. The van der Waals surface area contributed by atoms with Crippen molar-refractivity contribution in [3.63, 3.8) is 0 Å². The standard InChI is InChI=1S/C10H11F3N2O.H2/c1-2-15-9(14)7-4-3-5-8(6-7)16-10(11,12)13;/h3-6H,2H2,1H3,(H2,14,15);1H. The molecule has 1 aromatic carbocycles. The van der Waals surface area contributed by atoms with E-state index in [-0.39, 0.29) is 13.0 Å². The second-order valence-corrected chi connectivity index (χ2v) is 2.94. The highest BCUT2D eigenvalue weighted by Crippen LogP contribution is 2.23. The highest BCUT2D eigenvalue weighted by molar-refractivity contribution is 5.97. The van der Waals surface area contributed by atoms with Gasteiger partial charge in [-0.3, -0.25) is 4.99 Å². The molecule has 6 heteroatoms. The lowest BCUT2D eigenvalue weighted by atomic mass is 10.2. The van der Waals surface area contributed by atoms with Gasteiger partial charge in [0, 0.05) is 13.5 Å². The van der Waals surface area contributed by atoms with Crippen molar-refractivity contribution in [2.75, 3.05) is 6.54 Å². The zero-order valence-corrected chi connectivity index (χ0v) is 8.58. The van der Waals surface area contributed by atoms with Crippen LogP contribution in [0.4, 0.5) is 13.2 Å². The summed E-state index contributed by atoms with van der Waals surface area (Å²) < 4.78 is 39.6. The zero-order valence-electron chi connectivity index (χ0n) is 8.58. The first-order valence-corrected chi connectivity index (χ1v) is 4.58.